The van der Waals surface area contributed by atoms with Gasteiger partial charge in [-0.15, -0.1) is 0 Å². The second-order valence-electron chi connectivity index (χ2n) is 9.44. The molecule has 0 N–H and O–H groups in total. The number of morpholine rings is 1. The Morgan fingerprint density at radius 2 is 1.53 bits per heavy atom. The van der Waals surface area contributed by atoms with Crippen LogP contribution in [0.5, 0.6) is 5.75 Å². The zero-order valence-electron chi connectivity index (χ0n) is 19.6. The van der Waals surface area contributed by atoms with Crippen LogP contribution in [0.3, 0.4) is 0 Å². The van der Waals surface area contributed by atoms with E-state index in [1.807, 2.05) is 29.2 Å². The number of nitrogens with zero attached hydrogens (tertiary/aromatic N) is 2. The molecule has 2 saturated heterocycles. The van der Waals surface area contributed by atoms with E-state index in [0.717, 1.165) is 63.3 Å². The standard InChI is InChI=1S/C27H36N2O3/c1-20-17-28(18-21(2)32-20)19-24-4-8-25(9-5-24)27(30)29-14-12-23(13-15-29)16-22-6-10-26(31-3)11-7-22/h4-11,20-21,23H,12-19H2,1-3H3. The summed E-state index contributed by atoms with van der Waals surface area (Å²) in [6, 6.07) is 16.5. The molecule has 2 aromatic rings. The Kier molecular flexibility index (Phi) is 7.48. The quantitative estimate of drug-likeness (QED) is 0.673. The molecule has 4 rings (SSSR count). The van der Waals surface area contributed by atoms with E-state index in [1.165, 1.54) is 11.1 Å². The van der Waals surface area contributed by atoms with E-state index in [1.54, 1.807) is 7.11 Å². The van der Waals surface area contributed by atoms with Crippen molar-refractivity contribution in [1.82, 2.24) is 9.80 Å². The molecule has 0 aromatic heterocycles. The first-order valence-electron chi connectivity index (χ1n) is 11.9. The van der Waals surface area contributed by atoms with Crippen LogP contribution in [0.2, 0.25) is 0 Å². The number of hydrogen-bond acceptors (Lipinski definition) is 4. The fourth-order valence-electron chi connectivity index (χ4n) is 5.04. The van der Waals surface area contributed by atoms with E-state index in [2.05, 4.69) is 43.0 Å². The van der Waals surface area contributed by atoms with Gasteiger partial charge in [-0.1, -0.05) is 24.3 Å². The fraction of sp³-hybridized carbons (Fsp3) is 0.519. The lowest BCUT2D eigenvalue weighted by atomic mass is 9.90. The van der Waals surface area contributed by atoms with Gasteiger partial charge in [-0.25, -0.2) is 0 Å². The van der Waals surface area contributed by atoms with E-state index in [0.29, 0.717) is 5.92 Å². The van der Waals surface area contributed by atoms with Gasteiger partial charge in [-0.05, 0) is 74.4 Å². The summed E-state index contributed by atoms with van der Waals surface area (Å²) in [6.45, 7) is 8.75. The molecule has 0 aliphatic carbocycles. The minimum absolute atomic E-state index is 0.160. The van der Waals surface area contributed by atoms with Crippen LogP contribution in [0.25, 0.3) is 0 Å². The molecule has 2 aliphatic rings. The lowest BCUT2D eigenvalue weighted by Gasteiger charge is -2.35. The lowest BCUT2D eigenvalue weighted by molar-refractivity contribution is -0.0704. The summed E-state index contributed by atoms with van der Waals surface area (Å²) < 4.78 is 11.1. The molecule has 5 nitrogen and oxygen atoms in total. The third-order valence-corrected chi connectivity index (χ3v) is 6.69. The lowest BCUT2D eigenvalue weighted by Crippen LogP contribution is -2.44. The number of rotatable bonds is 6. The van der Waals surface area contributed by atoms with Crippen molar-refractivity contribution >= 4 is 5.91 Å². The molecular formula is C27H36N2O3. The first-order valence-corrected chi connectivity index (χ1v) is 11.9. The number of carbonyl (C=O) groups excluding carboxylic acids is 1. The zero-order chi connectivity index (χ0) is 22.5. The molecule has 0 spiro atoms. The number of hydrogen-bond donors (Lipinski definition) is 0. The van der Waals surface area contributed by atoms with E-state index in [4.69, 9.17) is 9.47 Å². The summed E-state index contributed by atoms with van der Waals surface area (Å²) in [5.74, 6) is 1.69. The molecule has 2 fully saturated rings. The zero-order valence-corrected chi connectivity index (χ0v) is 19.6. The number of benzene rings is 2. The van der Waals surface area contributed by atoms with E-state index in [9.17, 15) is 4.79 Å². The number of methoxy groups -OCH3 is 1. The molecule has 2 heterocycles. The highest BCUT2D eigenvalue weighted by molar-refractivity contribution is 5.94. The summed E-state index contributed by atoms with van der Waals surface area (Å²) >= 11 is 0. The van der Waals surface area contributed by atoms with Crippen LogP contribution in [-0.4, -0.2) is 61.2 Å². The molecule has 2 unspecified atom stereocenters. The Bertz CT molecular complexity index is 863. The maximum Gasteiger partial charge on any atom is 0.253 e. The molecule has 32 heavy (non-hydrogen) atoms. The predicted molar refractivity (Wildman–Crippen MR) is 127 cm³/mol. The number of ether oxygens (including phenoxy) is 2. The minimum Gasteiger partial charge on any atom is -0.497 e. The smallest absolute Gasteiger partial charge is 0.253 e. The highest BCUT2D eigenvalue weighted by Gasteiger charge is 2.25. The predicted octanol–water partition coefficient (Wildman–Crippen LogP) is 4.40. The van der Waals surface area contributed by atoms with Gasteiger partial charge in [0.15, 0.2) is 0 Å². The van der Waals surface area contributed by atoms with Gasteiger partial charge in [0.05, 0.1) is 19.3 Å². The molecule has 2 aromatic carbocycles. The van der Waals surface area contributed by atoms with Gasteiger partial charge in [-0.3, -0.25) is 9.69 Å². The first kappa shape index (κ1) is 22.8. The van der Waals surface area contributed by atoms with Crippen molar-refractivity contribution in [1.29, 1.82) is 0 Å². The molecule has 0 radical (unpaired) electrons. The number of amides is 1. The topological polar surface area (TPSA) is 42.0 Å². The number of piperidine rings is 1. The van der Waals surface area contributed by atoms with Crippen LogP contribution in [0.4, 0.5) is 0 Å². The van der Waals surface area contributed by atoms with Crippen molar-refractivity contribution in [2.24, 2.45) is 5.92 Å². The Labute approximate surface area is 192 Å². The van der Waals surface area contributed by atoms with Crippen molar-refractivity contribution in [3.63, 3.8) is 0 Å². The fourth-order valence-corrected chi connectivity index (χ4v) is 5.04. The van der Waals surface area contributed by atoms with Gasteiger partial charge >= 0.3 is 0 Å². The van der Waals surface area contributed by atoms with Crippen molar-refractivity contribution in [2.45, 2.75) is 51.9 Å². The number of likely N-dealkylation sites (tertiary alicyclic amines) is 1. The normalized spacial score (nSPS) is 22.7. The molecule has 5 heteroatoms. The Balaban J connectivity index is 1.26. The maximum atomic E-state index is 13.0. The molecule has 0 bridgehead atoms. The van der Waals surface area contributed by atoms with Crippen LogP contribution < -0.4 is 4.74 Å². The summed E-state index contributed by atoms with van der Waals surface area (Å²) in [5, 5.41) is 0. The number of carbonyl (C=O) groups is 1. The van der Waals surface area contributed by atoms with Gasteiger partial charge < -0.3 is 14.4 Å². The van der Waals surface area contributed by atoms with Gasteiger partial charge in [0.25, 0.3) is 5.91 Å². The van der Waals surface area contributed by atoms with E-state index in [-0.39, 0.29) is 18.1 Å². The molecule has 1 amide bonds. The van der Waals surface area contributed by atoms with E-state index < -0.39 is 0 Å². The van der Waals surface area contributed by atoms with Gasteiger partial charge in [-0.2, -0.15) is 0 Å². The van der Waals surface area contributed by atoms with Crippen molar-refractivity contribution in [2.75, 3.05) is 33.3 Å². The first-order chi connectivity index (χ1) is 15.5. The molecule has 2 atom stereocenters. The Morgan fingerprint density at radius 1 is 0.938 bits per heavy atom. The van der Waals surface area contributed by atoms with Gasteiger partial charge in [0.1, 0.15) is 5.75 Å². The maximum absolute atomic E-state index is 13.0. The second-order valence-corrected chi connectivity index (χ2v) is 9.44. The average Bonchev–Trinajstić information content (AvgIpc) is 2.79. The average molecular weight is 437 g/mol. The van der Waals surface area contributed by atoms with Crippen LogP contribution >= 0.6 is 0 Å². The SMILES string of the molecule is COc1ccc(CC2CCN(C(=O)c3ccc(CN4CC(C)OC(C)C4)cc3)CC2)cc1. The van der Waals surface area contributed by atoms with Gasteiger partial charge in [0.2, 0.25) is 0 Å². The van der Waals surface area contributed by atoms with Crippen LogP contribution in [0, 0.1) is 5.92 Å². The largest absolute Gasteiger partial charge is 0.497 e. The van der Waals surface area contributed by atoms with Crippen molar-refractivity contribution in [3.05, 3.63) is 65.2 Å². The monoisotopic (exact) mass is 436 g/mol. The Hall–Kier alpha value is -2.37. The molecule has 172 valence electrons. The third kappa shape index (κ3) is 5.90. The Morgan fingerprint density at radius 3 is 2.12 bits per heavy atom. The molecule has 2 aliphatic heterocycles. The molecule has 0 saturated carbocycles. The van der Waals surface area contributed by atoms with Gasteiger partial charge in [0, 0.05) is 38.3 Å². The minimum atomic E-state index is 0.160. The summed E-state index contributed by atoms with van der Waals surface area (Å²) in [6.07, 6.45) is 3.73. The summed E-state index contributed by atoms with van der Waals surface area (Å²) in [4.78, 5) is 17.5. The van der Waals surface area contributed by atoms with Crippen molar-refractivity contribution in [3.8, 4) is 5.75 Å². The molecular weight excluding hydrogens is 400 g/mol. The van der Waals surface area contributed by atoms with Crippen LogP contribution in [0.1, 0.15) is 48.2 Å². The van der Waals surface area contributed by atoms with Crippen molar-refractivity contribution < 1.29 is 14.3 Å². The van der Waals surface area contributed by atoms with E-state index >= 15 is 0 Å². The summed E-state index contributed by atoms with van der Waals surface area (Å²) in [7, 11) is 1.69. The second kappa shape index (κ2) is 10.5. The highest BCUT2D eigenvalue weighted by atomic mass is 16.5. The third-order valence-electron chi connectivity index (χ3n) is 6.69. The van der Waals surface area contributed by atoms with Crippen LogP contribution in [0.15, 0.2) is 48.5 Å². The van der Waals surface area contributed by atoms with Crippen LogP contribution in [-0.2, 0) is 17.7 Å². The highest BCUT2D eigenvalue weighted by Crippen LogP contribution is 2.24. The summed E-state index contributed by atoms with van der Waals surface area (Å²) in [5.41, 5.74) is 3.39.